The molecule has 8 heteroatoms. The molecular formula is C13H17N5O3. The number of nitrogens with two attached hydrogens (primary N) is 1. The maximum atomic E-state index is 12.2. The lowest BCUT2D eigenvalue weighted by atomic mass is 9.99. The van der Waals surface area contributed by atoms with Crippen LogP contribution >= 0.6 is 0 Å². The van der Waals surface area contributed by atoms with E-state index in [4.69, 9.17) is 5.84 Å². The summed E-state index contributed by atoms with van der Waals surface area (Å²) in [5.41, 5.74) is 1.94. The van der Waals surface area contributed by atoms with Crippen molar-refractivity contribution in [1.29, 1.82) is 0 Å². The van der Waals surface area contributed by atoms with Crippen LogP contribution in [0.2, 0.25) is 0 Å². The van der Waals surface area contributed by atoms with Gasteiger partial charge in [-0.25, -0.2) is 10.6 Å². The largest absolute Gasteiger partial charge is 0.325 e. The quantitative estimate of drug-likeness (QED) is 0.310. The molecule has 0 aromatic carbocycles. The number of nitrogens with zero attached hydrogens (tertiary/aromatic N) is 2. The molecule has 1 fully saturated rings. The van der Waals surface area contributed by atoms with E-state index in [1.807, 2.05) is 12.3 Å². The highest BCUT2D eigenvalue weighted by Gasteiger charge is 2.46. The topological polar surface area (TPSA) is 117 Å². The van der Waals surface area contributed by atoms with Crippen molar-refractivity contribution in [3.8, 4) is 0 Å². The van der Waals surface area contributed by atoms with Crippen molar-refractivity contribution in [2.24, 2.45) is 5.84 Å². The van der Waals surface area contributed by atoms with Crippen LogP contribution in [0.1, 0.15) is 36.3 Å². The third-order valence-electron chi connectivity index (χ3n) is 3.59. The maximum absolute atomic E-state index is 12.2. The number of carbonyl (C=O) groups excluding carboxylic acids is 3. The summed E-state index contributed by atoms with van der Waals surface area (Å²) in [4.78, 5) is 40.6. The zero-order chi connectivity index (χ0) is 15.6. The van der Waals surface area contributed by atoms with Gasteiger partial charge in [0.2, 0.25) is 0 Å². The smallest absolute Gasteiger partial charge is 0.323 e. The Morgan fingerprint density at radius 1 is 1.48 bits per heavy atom. The van der Waals surface area contributed by atoms with Crippen LogP contribution in [0.25, 0.3) is 0 Å². The second-order valence-corrected chi connectivity index (χ2v) is 5.02. The van der Waals surface area contributed by atoms with Gasteiger partial charge >= 0.3 is 6.03 Å². The number of hydrogen-bond donors (Lipinski definition) is 3. The van der Waals surface area contributed by atoms with Crippen molar-refractivity contribution in [3.63, 3.8) is 0 Å². The van der Waals surface area contributed by atoms with E-state index in [-0.39, 0.29) is 12.5 Å². The number of hydrogen-bond acceptors (Lipinski definition) is 5. The van der Waals surface area contributed by atoms with Gasteiger partial charge < -0.3 is 5.32 Å². The van der Waals surface area contributed by atoms with Crippen molar-refractivity contribution in [2.45, 2.75) is 32.4 Å². The Balaban J connectivity index is 2.13. The first-order valence-corrected chi connectivity index (χ1v) is 6.51. The number of nitrogen functional groups attached to an aromatic ring is 1. The number of urea groups is 1. The summed E-state index contributed by atoms with van der Waals surface area (Å²) >= 11 is 0. The standard InChI is InChI=1S/C13H17N5O3/c1-3-13(2)11(20)18(12(21)16-13)7-9-5-4-8(6-15-9)10(19)17-14/h4-6H,3,7,14H2,1-2H3,(H,16,21)(H,17,19). The van der Waals surface area contributed by atoms with E-state index in [2.05, 4.69) is 10.3 Å². The van der Waals surface area contributed by atoms with E-state index in [1.54, 1.807) is 13.0 Å². The molecule has 4 amide bonds. The Kier molecular flexibility index (Phi) is 3.90. The molecule has 2 heterocycles. The normalized spacial score (nSPS) is 21.4. The molecule has 2 rings (SSSR count). The maximum Gasteiger partial charge on any atom is 0.325 e. The van der Waals surface area contributed by atoms with E-state index >= 15 is 0 Å². The minimum absolute atomic E-state index is 0.0603. The van der Waals surface area contributed by atoms with Crippen LogP contribution < -0.4 is 16.6 Å². The average Bonchev–Trinajstić information content (AvgIpc) is 2.71. The third kappa shape index (κ3) is 2.70. The minimum Gasteiger partial charge on any atom is -0.323 e. The van der Waals surface area contributed by atoms with Crippen LogP contribution in [0.3, 0.4) is 0 Å². The van der Waals surface area contributed by atoms with E-state index < -0.39 is 17.5 Å². The molecule has 1 unspecified atom stereocenters. The summed E-state index contributed by atoms with van der Waals surface area (Å²) in [6, 6.07) is 2.67. The molecule has 1 aromatic rings. The Morgan fingerprint density at radius 3 is 2.67 bits per heavy atom. The molecule has 1 aromatic heterocycles. The van der Waals surface area contributed by atoms with Crippen molar-refractivity contribution in [2.75, 3.05) is 0 Å². The number of nitrogens with one attached hydrogen (secondary N) is 2. The zero-order valence-electron chi connectivity index (χ0n) is 11.8. The van der Waals surface area contributed by atoms with Crippen molar-refractivity contribution < 1.29 is 14.4 Å². The molecular weight excluding hydrogens is 274 g/mol. The van der Waals surface area contributed by atoms with E-state index in [0.717, 1.165) is 4.90 Å². The predicted molar refractivity (Wildman–Crippen MR) is 73.7 cm³/mol. The molecule has 4 N–H and O–H groups in total. The number of hydrazine groups is 1. The minimum atomic E-state index is -0.865. The van der Waals surface area contributed by atoms with Gasteiger partial charge in [0.25, 0.3) is 11.8 Å². The molecule has 1 aliphatic heterocycles. The van der Waals surface area contributed by atoms with E-state index in [0.29, 0.717) is 17.7 Å². The summed E-state index contributed by atoms with van der Waals surface area (Å²) in [7, 11) is 0. The molecule has 0 bridgehead atoms. The van der Waals surface area contributed by atoms with Gasteiger partial charge in [0.05, 0.1) is 17.8 Å². The lowest BCUT2D eigenvalue weighted by Gasteiger charge is -2.19. The Bertz CT molecular complexity index is 586. The number of rotatable bonds is 4. The van der Waals surface area contributed by atoms with Crippen LogP contribution in [0.5, 0.6) is 0 Å². The fraction of sp³-hybridized carbons (Fsp3) is 0.385. The van der Waals surface area contributed by atoms with Crippen molar-refractivity contribution in [1.82, 2.24) is 20.6 Å². The van der Waals surface area contributed by atoms with Gasteiger partial charge in [-0.3, -0.25) is 24.9 Å². The average molecular weight is 291 g/mol. The summed E-state index contributed by atoms with van der Waals surface area (Å²) in [5, 5.41) is 2.67. The van der Waals surface area contributed by atoms with Gasteiger partial charge in [-0.15, -0.1) is 0 Å². The van der Waals surface area contributed by atoms with Crippen molar-refractivity contribution in [3.05, 3.63) is 29.6 Å². The predicted octanol–water partition coefficient (Wildman–Crippen LogP) is -0.0944. The second-order valence-electron chi connectivity index (χ2n) is 5.02. The number of imide groups is 1. The van der Waals surface area contributed by atoms with Gasteiger partial charge in [0.15, 0.2) is 0 Å². The third-order valence-corrected chi connectivity index (χ3v) is 3.59. The molecule has 0 aliphatic carbocycles. The number of amides is 4. The highest BCUT2D eigenvalue weighted by Crippen LogP contribution is 2.22. The first-order chi connectivity index (χ1) is 9.91. The molecule has 1 saturated heterocycles. The highest BCUT2D eigenvalue weighted by molar-refractivity contribution is 6.06. The fourth-order valence-corrected chi connectivity index (χ4v) is 2.03. The zero-order valence-corrected chi connectivity index (χ0v) is 11.8. The highest BCUT2D eigenvalue weighted by atomic mass is 16.2. The van der Waals surface area contributed by atoms with Gasteiger partial charge in [0, 0.05) is 6.20 Å². The molecule has 1 atom stereocenters. The number of aromatic nitrogens is 1. The van der Waals surface area contributed by atoms with Crippen LogP contribution in [0, 0.1) is 0 Å². The SMILES string of the molecule is CCC1(C)NC(=O)N(Cc2ccc(C(=O)NN)cn2)C1=O. The summed E-state index contributed by atoms with van der Waals surface area (Å²) in [5.74, 6) is 4.29. The summed E-state index contributed by atoms with van der Waals surface area (Å²) in [6.45, 7) is 3.58. The fourth-order valence-electron chi connectivity index (χ4n) is 2.03. The molecule has 1 aliphatic rings. The Hall–Kier alpha value is -2.48. The van der Waals surface area contributed by atoms with Crippen molar-refractivity contribution >= 4 is 17.8 Å². The molecule has 8 nitrogen and oxygen atoms in total. The molecule has 112 valence electrons. The Morgan fingerprint density at radius 2 is 2.19 bits per heavy atom. The van der Waals surface area contributed by atoms with Gasteiger partial charge in [-0.05, 0) is 25.5 Å². The molecule has 21 heavy (non-hydrogen) atoms. The van der Waals surface area contributed by atoms with E-state index in [9.17, 15) is 14.4 Å². The summed E-state index contributed by atoms with van der Waals surface area (Å²) in [6.07, 6.45) is 1.85. The van der Waals surface area contributed by atoms with Crippen LogP contribution in [-0.2, 0) is 11.3 Å². The van der Waals surface area contributed by atoms with Crippen LogP contribution in [0.15, 0.2) is 18.3 Å². The van der Waals surface area contributed by atoms with Gasteiger partial charge in [0.1, 0.15) is 5.54 Å². The Labute approximate surface area is 121 Å². The first-order valence-electron chi connectivity index (χ1n) is 6.51. The molecule has 0 radical (unpaired) electrons. The second kappa shape index (κ2) is 5.49. The van der Waals surface area contributed by atoms with Crippen LogP contribution in [0.4, 0.5) is 4.79 Å². The van der Waals surface area contributed by atoms with Crippen LogP contribution in [-0.4, -0.2) is 33.3 Å². The molecule has 0 spiro atoms. The lowest BCUT2D eigenvalue weighted by Crippen LogP contribution is -2.43. The number of carbonyl (C=O) groups is 3. The first kappa shape index (κ1) is 14.9. The molecule has 0 saturated carbocycles. The lowest BCUT2D eigenvalue weighted by molar-refractivity contribution is -0.131. The monoisotopic (exact) mass is 291 g/mol. The van der Waals surface area contributed by atoms with Gasteiger partial charge in [-0.1, -0.05) is 6.92 Å². The summed E-state index contributed by atoms with van der Waals surface area (Å²) < 4.78 is 0. The van der Waals surface area contributed by atoms with Gasteiger partial charge in [-0.2, -0.15) is 0 Å². The number of pyridine rings is 1. The van der Waals surface area contributed by atoms with E-state index in [1.165, 1.54) is 12.3 Å².